The zero-order chi connectivity index (χ0) is 12.7. The van der Waals surface area contributed by atoms with Crippen molar-refractivity contribution >= 4 is 0 Å². The van der Waals surface area contributed by atoms with Gasteiger partial charge in [-0.1, -0.05) is 51.1 Å². The maximum atomic E-state index is 3.59. The molecular formula is C16H27N. The lowest BCUT2D eigenvalue weighted by Gasteiger charge is -2.23. The average molecular weight is 233 g/mol. The highest BCUT2D eigenvalue weighted by Crippen LogP contribution is 2.14. The van der Waals surface area contributed by atoms with Crippen LogP contribution in [0.5, 0.6) is 0 Å². The van der Waals surface area contributed by atoms with Gasteiger partial charge in [-0.2, -0.15) is 0 Å². The Bertz CT molecular complexity index is 292. The fraction of sp³-hybridized carbons (Fsp3) is 0.625. The van der Waals surface area contributed by atoms with Gasteiger partial charge in [-0.05, 0) is 37.7 Å². The van der Waals surface area contributed by atoms with Gasteiger partial charge in [0.15, 0.2) is 0 Å². The van der Waals surface area contributed by atoms with E-state index >= 15 is 0 Å². The highest BCUT2D eigenvalue weighted by Gasteiger charge is 2.12. The van der Waals surface area contributed by atoms with E-state index in [-0.39, 0.29) is 0 Å². The molecule has 0 saturated heterocycles. The first-order valence-corrected chi connectivity index (χ1v) is 6.89. The van der Waals surface area contributed by atoms with Crippen LogP contribution < -0.4 is 5.32 Å². The van der Waals surface area contributed by atoms with Gasteiger partial charge in [0, 0.05) is 12.1 Å². The van der Waals surface area contributed by atoms with Crippen LogP contribution in [-0.4, -0.2) is 12.1 Å². The maximum absolute atomic E-state index is 3.59. The van der Waals surface area contributed by atoms with Crippen molar-refractivity contribution in [2.75, 3.05) is 0 Å². The van der Waals surface area contributed by atoms with E-state index in [1.54, 1.807) is 0 Å². The molecule has 0 radical (unpaired) electrons. The molecule has 1 N–H and O–H groups in total. The normalized spacial score (nSPS) is 14.9. The zero-order valence-electron chi connectivity index (χ0n) is 11.7. The molecule has 0 heterocycles. The molecule has 1 aromatic carbocycles. The minimum absolute atomic E-state index is 0.585. The topological polar surface area (TPSA) is 12.0 Å². The third-order valence-corrected chi connectivity index (χ3v) is 3.42. The van der Waals surface area contributed by atoms with Crippen molar-refractivity contribution in [2.45, 2.75) is 59.0 Å². The molecule has 96 valence electrons. The third-order valence-electron chi connectivity index (χ3n) is 3.42. The lowest BCUT2D eigenvalue weighted by molar-refractivity contribution is 0.350. The smallest absolute Gasteiger partial charge is 0.00667 e. The largest absolute Gasteiger partial charge is 0.312 e. The van der Waals surface area contributed by atoms with Gasteiger partial charge >= 0.3 is 0 Å². The number of aryl methyl sites for hydroxylation is 1. The fourth-order valence-corrected chi connectivity index (χ4v) is 2.21. The van der Waals surface area contributed by atoms with E-state index in [2.05, 4.69) is 63.3 Å². The summed E-state index contributed by atoms with van der Waals surface area (Å²) in [6.45, 7) is 9.08. The SMILES string of the molecule is CC(C)NC(C)C(C)CCCc1ccccc1. The number of hydrogen-bond acceptors (Lipinski definition) is 1. The molecule has 0 aliphatic heterocycles. The summed E-state index contributed by atoms with van der Waals surface area (Å²) in [4.78, 5) is 0. The fourth-order valence-electron chi connectivity index (χ4n) is 2.21. The number of benzene rings is 1. The van der Waals surface area contributed by atoms with Gasteiger partial charge in [-0.15, -0.1) is 0 Å². The Balaban J connectivity index is 2.22. The zero-order valence-corrected chi connectivity index (χ0v) is 11.7. The molecule has 2 unspecified atom stereocenters. The summed E-state index contributed by atoms with van der Waals surface area (Å²) in [7, 11) is 0. The van der Waals surface area contributed by atoms with E-state index in [0.29, 0.717) is 12.1 Å². The Morgan fingerprint density at radius 3 is 2.24 bits per heavy atom. The van der Waals surface area contributed by atoms with Gasteiger partial charge in [0.05, 0.1) is 0 Å². The van der Waals surface area contributed by atoms with Crippen molar-refractivity contribution < 1.29 is 0 Å². The minimum atomic E-state index is 0.585. The molecule has 0 aliphatic rings. The molecule has 2 atom stereocenters. The average Bonchev–Trinajstić information content (AvgIpc) is 2.29. The molecule has 0 spiro atoms. The van der Waals surface area contributed by atoms with E-state index in [9.17, 15) is 0 Å². The lowest BCUT2D eigenvalue weighted by atomic mass is 9.95. The Morgan fingerprint density at radius 1 is 1.00 bits per heavy atom. The summed E-state index contributed by atoms with van der Waals surface area (Å²) in [5.41, 5.74) is 1.46. The standard InChI is InChI=1S/C16H27N/c1-13(2)17-15(4)14(3)9-8-12-16-10-6-5-7-11-16/h5-7,10-11,13-15,17H,8-9,12H2,1-4H3. The van der Waals surface area contributed by atoms with Crippen molar-refractivity contribution in [1.82, 2.24) is 5.32 Å². The van der Waals surface area contributed by atoms with Crippen LogP contribution >= 0.6 is 0 Å². The predicted octanol–water partition coefficient (Wildman–Crippen LogP) is 4.03. The van der Waals surface area contributed by atoms with E-state index in [4.69, 9.17) is 0 Å². The minimum Gasteiger partial charge on any atom is -0.312 e. The molecule has 17 heavy (non-hydrogen) atoms. The first-order valence-electron chi connectivity index (χ1n) is 6.89. The van der Waals surface area contributed by atoms with Crippen LogP contribution in [0, 0.1) is 5.92 Å². The van der Waals surface area contributed by atoms with E-state index < -0.39 is 0 Å². The Morgan fingerprint density at radius 2 is 1.65 bits per heavy atom. The Hall–Kier alpha value is -0.820. The van der Waals surface area contributed by atoms with Crippen LogP contribution in [0.15, 0.2) is 30.3 Å². The van der Waals surface area contributed by atoms with Crippen LogP contribution in [0.25, 0.3) is 0 Å². The van der Waals surface area contributed by atoms with Crippen LogP contribution in [0.4, 0.5) is 0 Å². The van der Waals surface area contributed by atoms with Gasteiger partial charge in [0.25, 0.3) is 0 Å². The molecule has 0 aliphatic carbocycles. The first-order chi connectivity index (χ1) is 8.09. The molecule has 0 fully saturated rings. The van der Waals surface area contributed by atoms with Crippen molar-refractivity contribution in [3.8, 4) is 0 Å². The summed E-state index contributed by atoms with van der Waals surface area (Å²) in [5, 5.41) is 3.59. The van der Waals surface area contributed by atoms with Crippen LogP contribution in [-0.2, 0) is 6.42 Å². The second kappa shape index (κ2) is 7.50. The summed E-state index contributed by atoms with van der Waals surface area (Å²) in [5.74, 6) is 0.751. The Kier molecular flexibility index (Phi) is 6.28. The molecule has 0 saturated carbocycles. The maximum Gasteiger partial charge on any atom is 0.00667 e. The molecular weight excluding hydrogens is 206 g/mol. The molecule has 1 nitrogen and oxygen atoms in total. The van der Waals surface area contributed by atoms with Crippen LogP contribution in [0.3, 0.4) is 0 Å². The number of rotatable bonds is 7. The van der Waals surface area contributed by atoms with E-state index in [1.807, 2.05) is 0 Å². The molecule has 1 rings (SSSR count). The van der Waals surface area contributed by atoms with Crippen molar-refractivity contribution in [2.24, 2.45) is 5.92 Å². The molecule has 0 amide bonds. The molecule has 0 aromatic heterocycles. The third kappa shape index (κ3) is 5.88. The Labute approximate surface area is 107 Å². The van der Waals surface area contributed by atoms with Gasteiger partial charge < -0.3 is 5.32 Å². The summed E-state index contributed by atoms with van der Waals surface area (Å²) >= 11 is 0. The summed E-state index contributed by atoms with van der Waals surface area (Å²) in [6.07, 6.45) is 3.80. The van der Waals surface area contributed by atoms with Gasteiger partial charge in [0.1, 0.15) is 0 Å². The molecule has 1 heteroatoms. The molecule has 1 aromatic rings. The number of hydrogen-bond donors (Lipinski definition) is 1. The van der Waals surface area contributed by atoms with Crippen molar-refractivity contribution in [3.05, 3.63) is 35.9 Å². The van der Waals surface area contributed by atoms with Gasteiger partial charge in [-0.25, -0.2) is 0 Å². The van der Waals surface area contributed by atoms with Crippen LogP contribution in [0.1, 0.15) is 46.1 Å². The highest BCUT2D eigenvalue weighted by molar-refractivity contribution is 5.14. The second-order valence-electron chi connectivity index (χ2n) is 5.47. The van der Waals surface area contributed by atoms with Crippen LogP contribution in [0.2, 0.25) is 0 Å². The van der Waals surface area contributed by atoms with Gasteiger partial charge in [-0.3, -0.25) is 0 Å². The number of nitrogens with one attached hydrogen (secondary N) is 1. The van der Waals surface area contributed by atoms with E-state index in [1.165, 1.54) is 24.8 Å². The first kappa shape index (κ1) is 14.2. The lowest BCUT2D eigenvalue weighted by Crippen LogP contribution is -2.37. The monoisotopic (exact) mass is 233 g/mol. The summed E-state index contributed by atoms with van der Waals surface area (Å²) < 4.78 is 0. The van der Waals surface area contributed by atoms with Crippen molar-refractivity contribution in [3.63, 3.8) is 0 Å². The predicted molar refractivity (Wildman–Crippen MR) is 76.3 cm³/mol. The quantitative estimate of drug-likeness (QED) is 0.749. The van der Waals surface area contributed by atoms with Crippen molar-refractivity contribution in [1.29, 1.82) is 0 Å². The summed E-state index contributed by atoms with van der Waals surface area (Å²) in [6, 6.07) is 12.0. The van der Waals surface area contributed by atoms with E-state index in [0.717, 1.165) is 5.92 Å². The van der Waals surface area contributed by atoms with Gasteiger partial charge in [0.2, 0.25) is 0 Å². The molecule has 0 bridgehead atoms. The highest BCUT2D eigenvalue weighted by atomic mass is 14.9. The second-order valence-corrected chi connectivity index (χ2v) is 5.47.